The van der Waals surface area contributed by atoms with E-state index in [4.69, 9.17) is 5.11 Å². The van der Waals surface area contributed by atoms with Gasteiger partial charge in [-0.2, -0.15) is 0 Å². The quantitative estimate of drug-likeness (QED) is 0.842. The third-order valence-corrected chi connectivity index (χ3v) is 4.96. The number of sulfonamides is 1. The molecule has 1 saturated carbocycles. The predicted octanol–water partition coefficient (Wildman–Crippen LogP) is 1.08. The molecular weight excluding hydrogens is 252 g/mol. The van der Waals surface area contributed by atoms with Crippen LogP contribution in [0.2, 0.25) is 0 Å². The zero-order chi connectivity index (χ0) is 13.3. The van der Waals surface area contributed by atoms with E-state index in [0.717, 1.165) is 12.8 Å². The van der Waals surface area contributed by atoms with Gasteiger partial charge in [0.25, 0.3) is 0 Å². The molecule has 1 heterocycles. The third kappa shape index (κ3) is 2.60. The summed E-state index contributed by atoms with van der Waals surface area (Å²) in [6.45, 7) is 4.52. The number of hydrogen-bond donors (Lipinski definition) is 2. The van der Waals surface area contributed by atoms with Crippen molar-refractivity contribution >= 4 is 10.0 Å². The first-order chi connectivity index (χ1) is 8.46. The molecule has 1 aliphatic rings. The Labute approximate surface area is 108 Å². The predicted molar refractivity (Wildman–Crippen MR) is 68.5 cm³/mol. The topological polar surface area (TPSA) is 71.3 Å². The summed E-state index contributed by atoms with van der Waals surface area (Å²) in [5.41, 5.74) is 0.625. The van der Waals surface area contributed by atoms with Crippen molar-refractivity contribution in [3.05, 3.63) is 18.0 Å². The standard InChI is InChI=1S/C12H20N2O3S/c1-3-14-7-12(6-11(14)8-15)18(16,17)13-10-4-9(2)5-10/h6-7,9-10,13,15H,3-5,8H2,1-2H3. The zero-order valence-corrected chi connectivity index (χ0v) is 11.6. The molecule has 1 fully saturated rings. The number of nitrogens with zero attached hydrogens (tertiary/aromatic N) is 1. The summed E-state index contributed by atoms with van der Waals surface area (Å²) in [4.78, 5) is 0.243. The van der Waals surface area contributed by atoms with Gasteiger partial charge in [-0.25, -0.2) is 13.1 Å². The summed E-state index contributed by atoms with van der Waals surface area (Å²) in [6, 6.07) is 1.60. The maximum Gasteiger partial charge on any atom is 0.242 e. The van der Waals surface area contributed by atoms with Crippen LogP contribution in [0.4, 0.5) is 0 Å². The average Bonchev–Trinajstić information content (AvgIpc) is 2.70. The van der Waals surface area contributed by atoms with Crippen molar-refractivity contribution in [3.63, 3.8) is 0 Å². The van der Waals surface area contributed by atoms with Crippen LogP contribution >= 0.6 is 0 Å². The zero-order valence-electron chi connectivity index (χ0n) is 10.8. The van der Waals surface area contributed by atoms with Crippen molar-refractivity contribution < 1.29 is 13.5 Å². The van der Waals surface area contributed by atoms with Gasteiger partial charge >= 0.3 is 0 Å². The molecule has 0 saturated heterocycles. The van der Waals surface area contributed by atoms with Crippen molar-refractivity contribution in [2.24, 2.45) is 5.92 Å². The lowest BCUT2D eigenvalue weighted by atomic mass is 9.83. The van der Waals surface area contributed by atoms with Crippen molar-refractivity contribution in [3.8, 4) is 0 Å². The normalized spacial score (nSPS) is 23.9. The minimum atomic E-state index is -3.45. The molecule has 0 aromatic carbocycles. The molecule has 2 rings (SSSR count). The van der Waals surface area contributed by atoms with E-state index in [1.54, 1.807) is 10.8 Å². The molecular formula is C12H20N2O3S. The van der Waals surface area contributed by atoms with Gasteiger partial charge in [-0.05, 0) is 31.7 Å². The van der Waals surface area contributed by atoms with E-state index in [1.165, 1.54) is 6.07 Å². The lowest BCUT2D eigenvalue weighted by molar-refractivity contribution is 0.270. The first-order valence-corrected chi connectivity index (χ1v) is 7.76. The number of hydrogen-bond acceptors (Lipinski definition) is 3. The van der Waals surface area contributed by atoms with Gasteiger partial charge in [0.15, 0.2) is 0 Å². The molecule has 1 aliphatic carbocycles. The van der Waals surface area contributed by atoms with Gasteiger partial charge in [-0.15, -0.1) is 0 Å². The van der Waals surface area contributed by atoms with E-state index < -0.39 is 10.0 Å². The first kappa shape index (κ1) is 13.6. The average molecular weight is 272 g/mol. The Morgan fingerprint density at radius 3 is 2.61 bits per heavy atom. The highest BCUT2D eigenvalue weighted by Gasteiger charge is 2.30. The maximum absolute atomic E-state index is 12.1. The molecule has 1 aromatic heterocycles. The monoisotopic (exact) mass is 272 g/mol. The minimum absolute atomic E-state index is 0.0625. The molecule has 0 atom stereocenters. The third-order valence-electron chi connectivity index (χ3n) is 3.47. The smallest absolute Gasteiger partial charge is 0.242 e. The number of aryl methyl sites for hydroxylation is 1. The summed E-state index contributed by atoms with van der Waals surface area (Å²) in [7, 11) is -3.45. The molecule has 2 N–H and O–H groups in total. The summed E-state index contributed by atoms with van der Waals surface area (Å²) in [5.74, 6) is 0.603. The van der Waals surface area contributed by atoms with Crippen LogP contribution in [0.25, 0.3) is 0 Å². The van der Waals surface area contributed by atoms with Crippen LogP contribution in [0, 0.1) is 5.92 Å². The highest BCUT2D eigenvalue weighted by Crippen LogP contribution is 2.28. The largest absolute Gasteiger partial charge is 0.390 e. The van der Waals surface area contributed by atoms with Gasteiger partial charge in [-0.1, -0.05) is 6.92 Å². The van der Waals surface area contributed by atoms with Gasteiger partial charge in [0, 0.05) is 24.5 Å². The Hall–Kier alpha value is -0.850. The number of aliphatic hydroxyl groups is 1. The van der Waals surface area contributed by atoms with Crippen LogP contribution in [0.15, 0.2) is 17.2 Å². The number of aromatic nitrogens is 1. The Morgan fingerprint density at radius 1 is 1.50 bits per heavy atom. The fourth-order valence-corrected chi connectivity index (χ4v) is 3.71. The van der Waals surface area contributed by atoms with Crippen LogP contribution < -0.4 is 4.72 Å². The molecule has 0 amide bonds. The van der Waals surface area contributed by atoms with Crippen molar-refractivity contribution in [2.75, 3.05) is 0 Å². The molecule has 1 aromatic rings. The second-order valence-corrected chi connectivity index (χ2v) is 6.72. The molecule has 0 unspecified atom stereocenters. The molecule has 0 aliphatic heterocycles. The summed E-state index contributed by atoms with van der Waals surface area (Å²) >= 11 is 0. The van der Waals surface area contributed by atoms with E-state index in [0.29, 0.717) is 18.2 Å². The Bertz CT molecular complexity index is 494. The molecule has 6 heteroatoms. The second-order valence-electron chi connectivity index (χ2n) is 5.01. The Morgan fingerprint density at radius 2 is 2.17 bits per heavy atom. The summed E-state index contributed by atoms with van der Waals surface area (Å²) in [6.07, 6.45) is 3.39. The number of rotatable bonds is 5. The molecule has 5 nitrogen and oxygen atoms in total. The highest BCUT2D eigenvalue weighted by molar-refractivity contribution is 7.89. The van der Waals surface area contributed by atoms with Crippen LogP contribution in [0.5, 0.6) is 0 Å². The second kappa shape index (κ2) is 5.03. The van der Waals surface area contributed by atoms with Gasteiger partial charge in [0.1, 0.15) is 0 Å². The van der Waals surface area contributed by atoms with E-state index in [9.17, 15) is 8.42 Å². The molecule has 0 radical (unpaired) electrons. The van der Waals surface area contributed by atoms with Crippen LogP contribution in [-0.4, -0.2) is 24.1 Å². The van der Waals surface area contributed by atoms with E-state index in [-0.39, 0.29) is 17.5 Å². The van der Waals surface area contributed by atoms with Crippen molar-refractivity contribution in [1.82, 2.24) is 9.29 Å². The number of aliphatic hydroxyl groups excluding tert-OH is 1. The summed E-state index contributed by atoms with van der Waals surface area (Å²) < 4.78 is 28.7. The minimum Gasteiger partial charge on any atom is -0.390 e. The van der Waals surface area contributed by atoms with E-state index >= 15 is 0 Å². The van der Waals surface area contributed by atoms with Crippen LogP contribution in [0.1, 0.15) is 32.4 Å². The van der Waals surface area contributed by atoms with Crippen molar-refractivity contribution in [2.45, 2.75) is 50.8 Å². The molecule has 18 heavy (non-hydrogen) atoms. The van der Waals surface area contributed by atoms with E-state index in [2.05, 4.69) is 11.6 Å². The number of nitrogens with one attached hydrogen (secondary N) is 1. The Balaban J connectivity index is 2.16. The van der Waals surface area contributed by atoms with Gasteiger partial charge in [0.05, 0.1) is 11.5 Å². The lowest BCUT2D eigenvalue weighted by Gasteiger charge is -2.32. The molecule has 0 bridgehead atoms. The van der Waals surface area contributed by atoms with E-state index in [1.807, 2.05) is 6.92 Å². The fraction of sp³-hybridized carbons (Fsp3) is 0.667. The first-order valence-electron chi connectivity index (χ1n) is 6.28. The Kier molecular flexibility index (Phi) is 3.79. The van der Waals surface area contributed by atoms with Crippen LogP contribution in [0.3, 0.4) is 0 Å². The van der Waals surface area contributed by atoms with Gasteiger partial charge in [-0.3, -0.25) is 0 Å². The maximum atomic E-state index is 12.1. The SMILES string of the molecule is CCn1cc(S(=O)(=O)NC2CC(C)C2)cc1CO. The molecule has 102 valence electrons. The van der Waals surface area contributed by atoms with Gasteiger partial charge < -0.3 is 9.67 Å². The fourth-order valence-electron chi connectivity index (χ4n) is 2.38. The van der Waals surface area contributed by atoms with Crippen molar-refractivity contribution in [1.29, 1.82) is 0 Å². The summed E-state index contributed by atoms with van der Waals surface area (Å²) in [5, 5.41) is 9.17. The van der Waals surface area contributed by atoms with Gasteiger partial charge in [0.2, 0.25) is 10.0 Å². The van der Waals surface area contributed by atoms with Crippen LogP contribution in [-0.2, 0) is 23.2 Å². The molecule has 0 spiro atoms. The lowest BCUT2D eigenvalue weighted by Crippen LogP contribution is -2.43. The highest BCUT2D eigenvalue weighted by atomic mass is 32.2.